The zero-order valence-electron chi connectivity index (χ0n) is 9.87. The molecule has 17 heavy (non-hydrogen) atoms. The standard InChI is InChI=1S/C12H14O5/c1-11(4-7(13)3-8(11)14)6-12(2)5-9(15)17-10(12)16/h3-6H2,1-2H3. The summed E-state index contributed by atoms with van der Waals surface area (Å²) in [7, 11) is 0. The van der Waals surface area contributed by atoms with Gasteiger partial charge in [-0.2, -0.15) is 0 Å². The van der Waals surface area contributed by atoms with Crippen LogP contribution in [0, 0.1) is 10.8 Å². The van der Waals surface area contributed by atoms with E-state index in [9.17, 15) is 19.2 Å². The van der Waals surface area contributed by atoms with Crippen LogP contribution in [0.3, 0.4) is 0 Å². The van der Waals surface area contributed by atoms with Crippen molar-refractivity contribution >= 4 is 23.5 Å². The maximum Gasteiger partial charge on any atom is 0.320 e. The van der Waals surface area contributed by atoms with Gasteiger partial charge in [0, 0.05) is 11.8 Å². The summed E-state index contributed by atoms with van der Waals surface area (Å²) in [6, 6.07) is 0. The Kier molecular flexibility index (Phi) is 2.45. The lowest BCUT2D eigenvalue weighted by atomic mass is 9.71. The molecule has 0 aromatic rings. The molecule has 5 heteroatoms. The summed E-state index contributed by atoms with van der Waals surface area (Å²) in [4.78, 5) is 45.7. The third-order valence-electron chi connectivity index (χ3n) is 3.63. The quantitative estimate of drug-likeness (QED) is 0.525. The molecule has 1 saturated carbocycles. The Morgan fingerprint density at radius 3 is 2.12 bits per heavy atom. The van der Waals surface area contributed by atoms with Gasteiger partial charge in [0.05, 0.1) is 18.3 Å². The normalized spacial score (nSPS) is 37.8. The minimum Gasteiger partial charge on any atom is -0.393 e. The van der Waals surface area contributed by atoms with E-state index < -0.39 is 22.8 Å². The van der Waals surface area contributed by atoms with Gasteiger partial charge in [-0.3, -0.25) is 19.2 Å². The van der Waals surface area contributed by atoms with Gasteiger partial charge in [0.15, 0.2) is 0 Å². The van der Waals surface area contributed by atoms with Crippen LogP contribution in [0.2, 0.25) is 0 Å². The molecule has 0 aromatic carbocycles. The Morgan fingerprint density at radius 2 is 1.71 bits per heavy atom. The van der Waals surface area contributed by atoms with E-state index in [2.05, 4.69) is 4.74 Å². The number of ketones is 2. The van der Waals surface area contributed by atoms with Gasteiger partial charge in [-0.05, 0) is 13.3 Å². The van der Waals surface area contributed by atoms with Gasteiger partial charge in [-0.15, -0.1) is 0 Å². The minimum atomic E-state index is -0.966. The molecular formula is C12H14O5. The number of cyclic esters (lactones) is 2. The lowest BCUT2D eigenvalue weighted by Crippen LogP contribution is -2.33. The minimum absolute atomic E-state index is 0.0110. The third kappa shape index (κ3) is 1.90. The number of rotatable bonds is 2. The van der Waals surface area contributed by atoms with E-state index in [0.717, 1.165) is 0 Å². The van der Waals surface area contributed by atoms with Crippen LogP contribution < -0.4 is 0 Å². The number of esters is 2. The van der Waals surface area contributed by atoms with Crippen LogP contribution in [0.4, 0.5) is 0 Å². The molecule has 0 radical (unpaired) electrons. The zero-order chi connectivity index (χ0) is 12.8. The number of ether oxygens (including phenoxy) is 1. The second kappa shape index (κ2) is 3.48. The maximum absolute atomic E-state index is 11.8. The van der Waals surface area contributed by atoms with Gasteiger partial charge >= 0.3 is 11.9 Å². The van der Waals surface area contributed by atoms with Crippen molar-refractivity contribution in [2.75, 3.05) is 0 Å². The van der Waals surface area contributed by atoms with Crippen molar-refractivity contribution in [3.63, 3.8) is 0 Å². The molecule has 5 nitrogen and oxygen atoms in total. The highest BCUT2D eigenvalue weighted by atomic mass is 16.6. The van der Waals surface area contributed by atoms with Crippen molar-refractivity contribution in [1.82, 2.24) is 0 Å². The molecule has 2 aliphatic rings. The Morgan fingerprint density at radius 1 is 1.06 bits per heavy atom. The molecule has 2 unspecified atom stereocenters. The van der Waals surface area contributed by atoms with Crippen molar-refractivity contribution in [3.8, 4) is 0 Å². The molecule has 2 rings (SSSR count). The summed E-state index contributed by atoms with van der Waals surface area (Å²) < 4.78 is 4.52. The zero-order valence-corrected chi connectivity index (χ0v) is 9.87. The highest BCUT2D eigenvalue weighted by Gasteiger charge is 2.53. The summed E-state index contributed by atoms with van der Waals surface area (Å²) in [6.07, 6.45) is 0.288. The molecule has 0 N–H and O–H groups in total. The Hall–Kier alpha value is -1.52. The number of carbonyl (C=O) groups is 4. The third-order valence-corrected chi connectivity index (χ3v) is 3.63. The Labute approximate surface area is 98.5 Å². The molecule has 2 atom stereocenters. The van der Waals surface area contributed by atoms with E-state index in [1.807, 2.05) is 0 Å². The number of carbonyl (C=O) groups excluding carboxylic acids is 4. The van der Waals surface area contributed by atoms with Crippen LogP contribution in [0.15, 0.2) is 0 Å². The van der Waals surface area contributed by atoms with Gasteiger partial charge in [-0.1, -0.05) is 6.92 Å². The van der Waals surface area contributed by atoms with Crippen LogP contribution in [0.5, 0.6) is 0 Å². The molecule has 92 valence electrons. The van der Waals surface area contributed by atoms with Crippen molar-refractivity contribution < 1.29 is 23.9 Å². The topological polar surface area (TPSA) is 77.5 Å². The lowest BCUT2D eigenvalue weighted by Gasteiger charge is -2.29. The van der Waals surface area contributed by atoms with E-state index in [1.54, 1.807) is 13.8 Å². The van der Waals surface area contributed by atoms with Gasteiger partial charge < -0.3 is 4.74 Å². The SMILES string of the molecule is CC1(CC2(C)CC(=O)OC2=O)CC(=O)CC1=O. The molecule has 1 saturated heterocycles. The summed E-state index contributed by atoms with van der Waals surface area (Å²) in [6.45, 7) is 3.29. The Bertz CT molecular complexity index is 398. The first-order chi connectivity index (χ1) is 7.75. The van der Waals surface area contributed by atoms with Crippen LogP contribution >= 0.6 is 0 Å². The fraction of sp³-hybridized carbons (Fsp3) is 0.667. The van der Waals surface area contributed by atoms with Crippen molar-refractivity contribution in [3.05, 3.63) is 0 Å². The number of hydrogen-bond acceptors (Lipinski definition) is 5. The van der Waals surface area contributed by atoms with E-state index in [-0.39, 0.29) is 37.2 Å². The van der Waals surface area contributed by atoms with E-state index in [4.69, 9.17) is 0 Å². The first-order valence-electron chi connectivity index (χ1n) is 5.55. The summed E-state index contributed by atoms with van der Waals surface area (Å²) in [5.41, 5.74) is -1.79. The average Bonchev–Trinajstić information content (AvgIpc) is 2.51. The van der Waals surface area contributed by atoms with Gasteiger partial charge in [0.1, 0.15) is 11.6 Å². The summed E-state index contributed by atoms with van der Waals surface area (Å²) in [5.74, 6) is -1.39. The molecule has 1 aliphatic heterocycles. The number of hydrogen-bond donors (Lipinski definition) is 0. The van der Waals surface area contributed by atoms with E-state index >= 15 is 0 Å². The Balaban J connectivity index is 2.21. The second-order valence-electron chi connectivity index (χ2n) is 5.55. The molecule has 1 heterocycles. The van der Waals surface area contributed by atoms with Gasteiger partial charge in [-0.25, -0.2) is 0 Å². The van der Waals surface area contributed by atoms with Crippen LogP contribution in [0.1, 0.15) is 39.5 Å². The average molecular weight is 238 g/mol. The molecular weight excluding hydrogens is 224 g/mol. The van der Waals surface area contributed by atoms with Crippen LogP contribution in [-0.2, 0) is 23.9 Å². The summed E-state index contributed by atoms with van der Waals surface area (Å²) >= 11 is 0. The maximum atomic E-state index is 11.8. The van der Waals surface area contributed by atoms with Gasteiger partial charge in [0.2, 0.25) is 0 Å². The number of Topliss-reactive ketones (excluding diaryl/α,β-unsaturated/α-hetero) is 2. The monoisotopic (exact) mass is 238 g/mol. The van der Waals surface area contributed by atoms with Crippen LogP contribution in [-0.4, -0.2) is 23.5 Å². The fourth-order valence-electron chi connectivity index (χ4n) is 2.80. The van der Waals surface area contributed by atoms with E-state index in [1.165, 1.54) is 0 Å². The van der Waals surface area contributed by atoms with Crippen molar-refractivity contribution in [2.24, 2.45) is 10.8 Å². The highest BCUT2D eigenvalue weighted by molar-refractivity contribution is 6.09. The molecule has 0 bridgehead atoms. The van der Waals surface area contributed by atoms with Crippen LogP contribution in [0.25, 0.3) is 0 Å². The van der Waals surface area contributed by atoms with Gasteiger partial charge in [0.25, 0.3) is 0 Å². The molecule has 1 aliphatic carbocycles. The predicted molar refractivity (Wildman–Crippen MR) is 55.8 cm³/mol. The fourth-order valence-corrected chi connectivity index (χ4v) is 2.80. The second-order valence-corrected chi connectivity index (χ2v) is 5.55. The first-order valence-corrected chi connectivity index (χ1v) is 5.55. The molecule has 0 aromatic heterocycles. The highest BCUT2D eigenvalue weighted by Crippen LogP contribution is 2.46. The largest absolute Gasteiger partial charge is 0.393 e. The summed E-state index contributed by atoms with van der Waals surface area (Å²) in [5, 5.41) is 0. The molecule has 0 spiro atoms. The van der Waals surface area contributed by atoms with E-state index in [0.29, 0.717) is 0 Å². The first kappa shape index (κ1) is 12.0. The van der Waals surface area contributed by atoms with Crippen molar-refractivity contribution in [2.45, 2.75) is 39.5 Å². The van der Waals surface area contributed by atoms with Crippen molar-refractivity contribution in [1.29, 1.82) is 0 Å². The molecule has 0 amide bonds. The predicted octanol–water partition coefficient (Wildman–Crippen LogP) is 0.795. The lowest BCUT2D eigenvalue weighted by molar-refractivity contribution is -0.155. The smallest absolute Gasteiger partial charge is 0.320 e. The molecule has 2 fully saturated rings.